The second kappa shape index (κ2) is 5.50. The lowest BCUT2D eigenvalue weighted by molar-refractivity contribution is -0.131. The molecule has 0 bridgehead atoms. The number of carbonyl (C=O) groups excluding carboxylic acids is 1. The maximum absolute atomic E-state index is 11.5. The molecule has 0 aromatic carbocycles. The van der Waals surface area contributed by atoms with Crippen molar-refractivity contribution in [3.8, 4) is 0 Å². The lowest BCUT2D eigenvalue weighted by atomic mass is 10.1. The Balaban J connectivity index is 2.35. The number of thioether (sulfide) groups is 1. The fourth-order valence-electron chi connectivity index (χ4n) is 1.58. The highest BCUT2D eigenvalue weighted by atomic mass is 32.2. The van der Waals surface area contributed by atoms with E-state index in [0.717, 1.165) is 12.8 Å². The van der Waals surface area contributed by atoms with E-state index in [9.17, 15) is 4.79 Å². The average molecular weight is 202 g/mol. The summed E-state index contributed by atoms with van der Waals surface area (Å²) in [4.78, 5) is 13.4. The van der Waals surface area contributed by atoms with Crippen molar-refractivity contribution in [2.24, 2.45) is 5.73 Å². The molecule has 1 amide bonds. The summed E-state index contributed by atoms with van der Waals surface area (Å²) in [5, 5.41) is 0. The van der Waals surface area contributed by atoms with Gasteiger partial charge in [0, 0.05) is 26.1 Å². The van der Waals surface area contributed by atoms with Gasteiger partial charge in [-0.3, -0.25) is 4.79 Å². The summed E-state index contributed by atoms with van der Waals surface area (Å²) >= 11 is 1.98. The van der Waals surface area contributed by atoms with E-state index in [1.165, 1.54) is 11.5 Å². The Labute approximate surface area is 84.0 Å². The van der Waals surface area contributed by atoms with Crippen LogP contribution in [-0.2, 0) is 4.79 Å². The SMILES string of the molecule is CN(C(=O)CCN)C1CCSCC1. The highest BCUT2D eigenvalue weighted by Gasteiger charge is 2.21. The van der Waals surface area contributed by atoms with Gasteiger partial charge in [0.15, 0.2) is 0 Å². The van der Waals surface area contributed by atoms with Crippen molar-refractivity contribution < 1.29 is 4.79 Å². The quantitative estimate of drug-likeness (QED) is 0.732. The number of nitrogens with zero attached hydrogens (tertiary/aromatic N) is 1. The van der Waals surface area contributed by atoms with E-state index >= 15 is 0 Å². The van der Waals surface area contributed by atoms with Crippen LogP contribution in [0.1, 0.15) is 19.3 Å². The van der Waals surface area contributed by atoms with E-state index in [1.807, 2.05) is 23.7 Å². The summed E-state index contributed by atoms with van der Waals surface area (Å²) in [7, 11) is 1.90. The van der Waals surface area contributed by atoms with Crippen LogP contribution in [-0.4, -0.2) is 41.9 Å². The molecular weight excluding hydrogens is 184 g/mol. The zero-order chi connectivity index (χ0) is 9.68. The predicted molar refractivity (Wildman–Crippen MR) is 56.8 cm³/mol. The van der Waals surface area contributed by atoms with E-state index in [-0.39, 0.29) is 5.91 Å². The second-order valence-electron chi connectivity index (χ2n) is 3.39. The van der Waals surface area contributed by atoms with Crippen LogP contribution in [0.15, 0.2) is 0 Å². The van der Waals surface area contributed by atoms with Crippen LogP contribution in [0.25, 0.3) is 0 Å². The monoisotopic (exact) mass is 202 g/mol. The smallest absolute Gasteiger partial charge is 0.223 e. The molecule has 76 valence electrons. The molecule has 3 nitrogen and oxygen atoms in total. The van der Waals surface area contributed by atoms with Gasteiger partial charge in [-0.2, -0.15) is 11.8 Å². The van der Waals surface area contributed by atoms with Crippen LogP contribution in [0.3, 0.4) is 0 Å². The number of amides is 1. The van der Waals surface area contributed by atoms with Gasteiger partial charge in [0.1, 0.15) is 0 Å². The largest absolute Gasteiger partial charge is 0.343 e. The number of hydrogen-bond acceptors (Lipinski definition) is 3. The molecule has 1 heterocycles. The lowest BCUT2D eigenvalue weighted by Gasteiger charge is -2.30. The van der Waals surface area contributed by atoms with Gasteiger partial charge in [0.2, 0.25) is 5.91 Å². The molecule has 0 aromatic heterocycles. The summed E-state index contributed by atoms with van der Waals surface area (Å²) < 4.78 is 0. The Morgan fingerprint density at radius 2 is 2.15 bits per heavy atom. The molecule has 0 aromatic rings. The highest BCUT2D eigenvalue weighted by molar-refractivity contribution is 7.99. The highest BCUT2D eigenvalue weighted by Crippen LogP contribution is 2.20. The van der Waals surface area contributed by atoms with Gasteiger partial charge in [-0.05, 0) is 24.3 Å². The van der Waals surface area contributed by atoms with Gasteiger partial charge >= 0.3 is 0 Å². The topological polar surface area (TPSA) is 46.3 Å². The third kappa shape index (κ3) is 3.19. The van der Waals surface area contributed by atoms with Crippen molar-refractivity contribution in [2.45, 2.75) is 25.3 Å². The average Bonchev–Trinajstić information content (AvgIpc) is 2.18. The maximum Gasteiger partial charge on any atom is 0.223 e. The first-order chi connectivity index (χ1) is 6.25. The minimum atomic E-state index is 0.194. The van der Waals surface area contributed by atoms with Gasteiger partial charge in [0.25, 0.3) is 0 Å². The molecule has 13 heavy (non-hydrogen) atoms. The molecule has 1 rings (SSSR count). The molecule has 1 saturated heterocycles. The van der Waals surface area contributed by atoms with E-state index < -0.39 is 0 Å². The first-order valence-electron chi connectivity index (χ1n) is 4.79. The van der Waals surface area contributed by atoms with Crippen LogP contribution in [0, 0.1) is 0 Å². The Kier molecular flexibility index (Phi) is 4.59. The third-order valence-corrected chi connectivity index (χ3v) is 3.54. The van der Waals surface area contributed by atoms with E-state index in [4.69, 9.17) is 5.73 Å². The molecular formula is C9H18N2OS. The molecule has 2 N–H and O–H groups in total. The summed E-state index contributed by atoms with van der Waals surface area (Å²) in [5.41, 5.74) is 5.35. The number of carbonyl (C=O) groups is 1. The summed E-state index contributed by atoms with van der Waals surface area (Å²) in [6, 6.07) is 0.459. The van der Waals surface area contributed by atoms with Gasteiger partial charge in [-0.25, -0.2) is 0 Å². The Morgan fingerprint density at radius 1 is 1.54 bits per heavy atom. The second-order valence-corrected chi connectivity index (χ2v) is 4.61. The molecule has 1 aliphatic heterocycles. The molecule has 4 heteroatoms. The number of rotatable bonds is 3. The normalized spacial score (nSPS) is 18.6. The number of nitrogens with two attached hydrogens (primary N) is 1. The van der Waals surface area contributed by atoms with Crippen molar-refractivity contribution >= 4 is 17.7 Å². The fourth-order valence-corrected chi connectivity index (χ4v) is 2.66. The molecule has 1 aliphatic rings. The molecule has 0 atom stereocenters. The summed E-state index contributed by atoms with van der Waals surface area (Å²) in [6.45, 7) is 0.463. The van der Waals surface area contributed by atoms with Crippen LogP contribution >= 0.6 is 11.8 Å². The van der Waals surface area contributed by atoms with Crippen LogP contribution in [0.2, 0.25) is 0 Å². The molecule has 1 fully saturated rings. The van der Waals surface area contributed by atoms with Crippen molar-refractivity contribution in [3.05, 3.63) is 0 Å². The van der Waals surface area contributed by atoms with Crippen molar-refractivity contribution in [1.29, 1.82) is 0 Å². The number of hydrogen-bond donors (Lipinski definition) is 1. The maximum atomic E-state index is 11.5. The Bertz CT molecular complexity index is 169. The van der Waals surface area contributed by atoms with Gasteiger partial charge in [-0.1, -0.05) is 0 Å². The first kappa shape index (κ1) is 10.9. The van der Waals surface area contributed by atoms with Crippen LogP contribution in [0.5, 0.6) is 0 Å². The minimum absolute atomic E-state index is 0.194. The lowest BCUT2D eigenvalue weighted by Crippen LogP contribution is -2.39. The van der Waals surface area contributed by atoms with Gasteiger partial charge in [0.05, 0.1) is 0 Å². The van der Waals surface area contributed by atoms with Crippen molar-refractivity contribution in [3.63, 3.8) is 0 Å². The summed E-state index contributed by atoms with van der Waals surface area (Å²) in [5.74, 6) is 2.56. The summed E-state index contributed by atoms with van der Waals surface area (Å²) in [6.07, 6.45) is 2.76. The van der Waals surface area contributed by atoms with Gasteiger partial charge in [-0.15, -0.1) is 0 Å². The van der Waals surface area contributed by atoms with E-state index in [0.29, 0.717) is 19.0 Å². The molecule has 0 spiro atoms. The first-order valence-corrected chi connectivity index (χ1v) is 5.94. The van der Waals surface area contributed by atoms with E-state index in [2.05, 4.69) is 0 Å². The predicted octanol–water partition coefficient (Wildman–Crippen LogP) is 0.689. The van der Waals surface area contributed by atoms with Gasteiger partial charge < -0.3 is 10.6 Å². The molecule has 0 aliphatic carbocycles. The Hall–Kier alpha value is -0.220. The zero-order valence-electron chi connectivity index (χ0n) is 8.16. The minimum Gasteiger partial charge on any atom is -0.343 e. The molecule has 0 unspecified atom stereocenters. The molecule has 0 saturated carbocycles. The third-order valence-electron chi connectivity index (χ3n) is 2.49. The zero-order valence-corrected chi connectivity index (χ0v) is 8.98. The molecule has 0 radical (unpaired) electrons. The van der Waals surface area contributed by atoms with Crippen LogP contribution < -0.4 is 5.73 Å². The van der Waals surface area contributed by atoms with E-state index in [1.54, 1.807) is 0 Å². The Morgan fingerprint density at radius 3 is 2.69 bits per heavy atom. The van der Waals surface area contributed by atoms with Crippen molar-refractivity contribution in [2.75, 3.05) is 25.1 Å². The standard InChI is InChI=1S/C9H18N2OS/c1-11(9(12)2-5-10)8-3-6-13-7-4-8/h8H,2-7,10H2,1H3. The van der Waals surface area contributed by atoms with Crippen molar-refractivity contribution in [1.82, 2.24) is 4.90 Å². The fraction of sp³-hybridized carbons (Fsp3) is 0.889. The van der Waals surface area contributed by atoms with Crippen LogP contribution in [0.4, 0.5) is 0 Å².